The van der Waals surface area contributed by atoms with Crippen LogP contribution in [0, 0.1) is 24.2 Å². The summed E-state index contributed by atoms with van der Waals surface area (Å²) in [7, 11) is 1.86. The van der Waals surface area contributed by atoms with Gasteiger partial charge >= 0.3 is 5.97 Å². The number of hydrogen-bond acceptors (Lipinski definition) is 4. The van der Waals surface area contributed by atoms with E-state index in [1.807, 2.05) is 38.5 Å². The van der Waals surface area contributed by atoms with Gasteiger partial charge in [0.15, 0.2) is 0 Å². The van der Waals surface area contributed by atoms with Crippen molar-refractivity contribution in [1.29, 1.82) is 5.26 Å². The first-order valence-corrected chi connectivity index (χ1v) is 6.87. The zero-order valence-corrected chi connectivity index (χ0v) is 12.9. The zero-order chi connectivity index (χ0) is 15.3. The standard InChI is InChI=1S/C15H23N3O2/c1-6-20-15(19)14(10(2)3)17-9-12-7-13(8-16)18(5)11(12)4/h7,10,14,17H,6,9H2,1-5H3. The Kier molecular flexibility index (Phi) is 5.78. The highest BCUT2D eigenvalue weighted by atomic mass is 16.5. The molecule has 1 rings (SSSR count). The maximum Gasteiger partial charge on any atom is 0.323 e. The Bertz CT molecular complexity index is 512. The minimum atomic E-state index is -0.333. The van der Waals surface area contributed by atoms with Crippen LogP contribution in [0.5, 0.6) is 0 Å². The topological polar surface area (TPSA) is 67.0 Å². The molecule has 0 saturated heterocycles. The fourth-order valence-electron chi connectivity index (χ4n) is 2.09. The number of carbonyl (C=O) groups excluding carboxylic acids is 1. The van der Waals surface area contributed by atoms with Gasteiger partial charge in [0.25, 0.3) is 0 Å². The molecular weight excluding hydrogens is 254 g/mol. The second-order valence-electron chi connectivity index (χ2n) is 5.17. The second kappa shape index (κ2) is 7.11. The van der Waals surface area contributed by atoms with Crippen molar-refractivity contribution in [3.05, 3.63) is 23.0 Å². The molecule has 0 aliphatic heterocycles. The van der Waals surface area contributed by atoms with Crippen LogP contribution in [-0.4, -0.2) is 23.2 Å². The van der Waals surface area contributed by atoms with Crippen molar-refractivity contribution in [2.24, 2.45) is 13.0 Å². The summed E-state index contributed by atoms with van der Waals surface area (Å²) in [6.07, 6.45) is 0. The van der Waals surface area contributed by atoms with Crippen LogP contribution in [0.15, 0.2) is 6.07 Å². The van der Waals surface area contributed by atoms with Crippen LogP contribution in [0.2, 0.25) is 0 Å². The third-order valence-corrected chi connectivity index (χ3v) is 3.47. The first-order valence-electron chi connectivity index (χ1n) is 6.87. The van der Waals surface area contributed by atoms with E-state index in [1.54, 1.807) is 6.92 Å². The van der Waals surface area contributed by atoms with Crippen molar-refractivity contribution in [3.8, 4) is 6.07 Å². The Morgan fingerprint density at radius 2 is 2.20 bits per heavy atom. The molecule has 1 heterocycles. The molecule has 110 valence electrons. The largest absolute Gasteiger partial charge is 0.465 e. The minimum absolute atomic E-state index is 0.147. The summed E-state index contributed by atoms with van der Waals surface area (Å²) >= 11 is 0. The van der Waals surface area contributed by atoms with Gasteiger partial charge in [0.2, 0.25) is 0 Å². The van der Waals surface area contributed by atoms with Crippen LogP contribution in [0.25, 0.3) is 0 Å². The van der Waals surface area contributed by atoms with Crippen molar-refractivity contribution in [1.82, 2.24) is 9.88 Å². The lowest BCUT2D eigenvalue weighted by molar-refractivity contribution is -0.146. The van der Waals surface area contributed by atoms with Gasteiger partial charge in [0.1, 0.15) is 17.8 Å². The van der Waals surface area contributed by atoms with E-state index >= 15 is 0 Å². The highest BCUT2D eigenvalue weighted by molar-refractivity contribution is 5.76. The van der Waals surface area contributed by atoms with Gasteiger partial charge in [-0.15, -0.1) is 0 Å². The second-order valence-corrected chi connectivity index (χ2v) is 5.17. The molecule has 1 aromatic rings. The molecule has 0 aromatic carbocycles. The first-order chi connectivity index (χ1) is 9.42. The van der Waals surface area contributed by atoms with E-state index in [1.165, 1.54) is 0 Å². The summed E-state index contributed by atoms with van der Waals surface area (Å²) in [6.45, 7) is 8.65. The quantitative estimate of drug-likeness (QED) is 0.806. The molecule has 1 unspecified atom stereocenters. The molecule has 0 saturated carbocycles. The number of rotatable bonds is 6. The monoisotopic (exact) mass is 277 g/mol. The van der Waals surface area contributed by atoms with Crippen LogP contribution in [-0.2, 0) is 23.1 Å². The summed E-state index contributed by atoms with van der Waals surface area (Å²) in [5.74, 6) is -0.0786. The van der Waals surface area contributed by atoms with Crippen molar-refractivity contribution in [2.45, 2.75) is 40.3 Å². The molecular formula is C15H23N3O2. The molecule has 1 atom stereocenters. The molecule has 5 nitrogen and oxygen atoms in total. The lowest BCUT2D eigenvalue weighted by Gasteiger charge is -2.20. The van der Waals surface area contributed by atoms with Crippen molar-refractivity contribution in [3.63, 3.8) is 0 Å². The number of carbonyl (C=O) groups is 1. The molecule has 1 aromatic heterocycles. The van der Waals surface area contributed by atoms with E-state index in [4.69, 9.17) is 10.00 Å². The van der Waals surface area contributed by atoms with E-state index in [2.05, 4.69) is 11.4 Å². The van der Waals surface area contributed by atoms with Crippen LogP contribution in [0.4, 0.5) is 0 Å². The average Bonchev–Trinajstić information content (AvgIpc) is 2.66. The third kappa shape index (κ3) is 3.61. The van der Waals surface area contributed by atoms with Gasteiger partial charge in [0.05, 0.1) is 6.61 Å². The Hall–Kier alpha value is -1.80. The Labute approximate surface area is 120 Å². The van der Waals surface area contributed by atoms with E-state index in [0.717, 1.165) is 11.3 Å². The number of nitrogens with one attached hydrogen (secondary N) is 1. The number of aromatic nitrogens is 1. The van der Waals surface area contributed by atoms with Gasteiger partial charge in [-0.05, 0) is 31.4 Å². The molecule has 0 aliphatic carbocycles. The third-order valence-electron chi connectivity index (χ3n) is 3.47. The molecule has 0 amide bonds. The van der Waals surface area contributed by atoms with Crippen LogP contribution >= 0.6 is 0 Å². The van der Waals surface area contributed by atoms with E-state index in [-0.39, 0.29) is 17.9 Å². The predicted octanol–water partition coefficient (Wildman–Crippen LogP) is 1.88. The maximum atomic E-state index is 11.9. The first kappa shape index (κ1) is 16.3. The van der Waals surface area contributed by atoms with Crippen LogP contribution < -0.4 is 5.32 Å². The Balaban J connectivity index is 2.78. The number of ether oxygens (including phenoxy) is 1. The van der Waals surface area contributed by atoms with E-state index < -0.39 is 0 Å². The highest BCUT2D eigenvalue weighted by Gasteiger charge is 2.23. The Morgan fingerprint density at radius 1 is 1.55 bits per heavy atom. The summed E-state index contributed by atoms with van der Waals surface area (Å²) in [6, 6.07) is 3.67. The van der Waals surface area contributed by atoms with Gasteiger partial charge in [-0.3, -0.25) is 4.79 Å². The average molecular weight is 277 g/mol. The highest BCUT2D eigenvalue weighted by Crippen LogP contribution is 2.14. The molecule has 0 radical (unpaired) electrons. The lowest BCUT2D eigenvalue weighted by atomic mass is 10.0. The number of esters is 1. The minimum Gasteiger partial charge on any atom is -0.465 e. The SMILES string of the molecule is CCOC(=O)C(NCc1cc(C#N)n(C)c1C)C(C)C. The van der Waals surface area contributed by atoms with Gasteiger partial charge < -0.3 is 14.6 Å². The maximum absolute atomic E-state index is 11.9. The zero-order valence-electron chi connectivity index (χ0n) is 12.9. The van der Waals surface area contributed by atoms with Crippen molar-refractivity contribution < 1.29 is 9.53 Å². The fraction of sp³-hybridized carbons (Fsp3) is 0.600. The fourth-order valence-corrected chi connectivity index (χ4v) is 2.09. The number of nitriles is 1. The van der Waals surface area contributed by atoms with Crippen LogP contribution in [0.1, 0.15) is 37.7 Å². The molecule has 20 heavy (non-hydrogen) atoms. The van der Waals surface area contributed by atoms with E-state index in [0.29, 0.717) is 18.8 Å². The Morgan fingerprint density at radius 3 is 2.65 bits per heavy atom. The summed E-state index contributed by atoms with van der Waals surface area (Å²) in [4.78, 5) is 11.9. The molecule has 5 heteroatoms. The number of nitrogens with zero attached hydrogens (tertiary/aromatic N) is 2. The lowest BCUT2D eigenvalue weighted by Crippen LogP contribution is -2.41. The summed E-state index contributed by atoms with van der Waals surface area (Å²) in [5.41, 5.74) is 2.68. The van der Waals surface area contributed by atoms with Gasteiger partial charge in [-0.1, -0.05) is 13.8 Å². The molecule has 0 aliphatic rings. The summed E-state index contributed by atoms with van der Waals surface area (Å²) in [5, 5.41) is 12.2. The normalized spacial score (nSPS) is 12.2. The van der Waals surface area contributed by atoms with E-state index in [9.17, 15) is 4.79 Å². The van der Waals surface area contributed by atoms with Gasteiger partial charge in [-0.25, -0.2) is 0 Å². The molecule has 1 N–H and O–H groups in total. The smallest absolute Gasteiger partial charge is 0.323 e. The van der Waals surface area contributed by atoms with Gasteiger partial charge in [0, 0.05) is 19.3 Å². The van der Waals surface area contributed by atoms with Crippen LogP contribution in [0.3, 0.4) is 0 Å². The van der Waals surface area contributed by atoms with Crippen molar-refractivity contribution >= 4 is 5.97 Å². The molecule has 0 spiro atoms. The predicted molar refractivity (Wildman–Crippen MR) is 77.0 cm³/mol. The summed E-state index contributed by atoms with van der Waals surface area (Å²) < 4.78 is 6.93. The number of hydrogen-bond donors (Lipinski definition) is 1. The molecule has 0 fully saturated rings. The van der Waals surface area contributed by atoms with Gasteiger partial charge in [-0.2, -0.15) is 5.26 Å². The molecule has 0 bridgehead atoms. The van der Waals surface area contributed by atoms with Crippen molar-refractivity contribution in [2.75, 3.05) is 6.61 Å².